The fraction of sp³-hybridized carbons (Fsp3) is 0.333. The van der Waals surface area contributed by atoms with Crippen LogP contribution >= 0.6 is 0 Å². The lowest BCUT2D eigenvalue weighted by atomic mass is 9.98. The Hall–Kier alpha value is -3.22. The smallest absolute Gasteiger partial charge is 0.162 e. The van der Waals surface area contributed by atoms with E-state index in [0.29, 0.717) is 11.5 Å². The van der Waals surface area contributed by atoms with Gasteiger partial charge in [-0.05, 0) is 35.7 Å². The first kappa shape index (κ1) is 18.2. The summed E-state index contributed by atoms with van der Waals surface area (Å²) in [6.45, 7) is 1.63. The highest BCUT2D eigenvalue weighted by Gasteiger charge is 2.22. The summed E-state index contributed by atoms with van der Waals surface area (Å²) >= 11 is 0. The van der Waals surface area contributed by atoms with Crippen molar-refractivity contribution in [2.75, 3.05) is 39.9 Å². The average Bonchev–Trinajstić information content (AvgIpc) is 2.76. The van der Waals surface area contributed by atoms with Crippen LogP contribution in [0.1, 0.15) is 11.1 Å². The number of anilines is 1. The van der Waals surface area contributed by atoms with Gasteiger partial charge in [0.25, 0.3) is 0 Å². The molecule has 146 valence electrons. The molecule has 2 heterocycles. The van der Waals surface area contributed by atoms with E-state index in [4.69, 9.17) is 18.9 Å². The van der Waals surface area contributed by atoms with Gasteiger partial charge in [0.2, 0.25) is 0 Å². The summed E-state index contributed by atoms with van der Waals surface area (Å²) in [6, 6.07) is 7.95. The van der Waals surface area contributed by atoms with Crippen molar-refractivity contribution in [3.63, 3.8) is 0 Å². The van der Waals surface area contributed by atoms with Crippen LogP contribution < -0.4 is 23.8 Å². The number of fused-ring (bicyclic) bond motifs is 2. The minimum atomic E-state index is 0.641. The van der Waals surface area contributed by atoms with E-state index in [1.165, 1.54) is 11.1 Å². The number of nitrogens with zero attached hydrogens (tertiary/aromatic N) is 3. The van der Waals surface area contributed by atoms with Crippen molar-refractivity contribution in [2.24, 2.45) is 0 Å². The van der Waals surface area contributed by atoms with Gasteiger partial charge in [-0.25, -0.2) is 0 Å². The fourth-order valence-electron chi connectivity index (χ4n) is 3.71. The third-order valence-electron chi connectivity index (χ3n) is 5.18. The molecular formula is C21H23N3O4. The molecule has 1 aliphatic rings. The molecule has 0 N–H and O–H groups in total. The zero-order valence-electron chi connectivity index (χ0n) is 16.5. The second-order valence-electron chi connectivity index (χ2n) is 6.60. The summed E-state index contributed by atoms with van der Waals surface area (Å²) in [5.41, 5.74) is 4.29. The van der Waals surface area contributed by atoms with Crippen molar-refractivity contribution in [1.82, 2.24) is 10.2 Å². The monoisotopic (exact) mass is 381 g/mol. The molecule has 7 heteroatoms. The van der Waals surface area contributed by atoms with Gasteiger partial charge in [0, 0.05) is 24.5 Å². The maximum Gasteiger partial charge on any atom is 0.162 e. The number of hydrogen-bond donors (Lipinski definition) is 0. The topological polar surface area (TPSA) is 65.9 Å². The quantitative estimate of drug-likeness (QED) is 0.672. The van der Waals surface area contributed by atoms with Gasteiger partial charge in [0.15, 0.2) is 23.0 Å². The number of ether oxygens (including phenoxy) is 4. The standard InChI is InChI=1S/C21H23N3O4/c1-25-18-7-13-5-6-24(12-14(13)8-19(18)26-2)17-11-22-23-16-10-21(28-4)20(27-3)9-15(16)17/h7-11H,5-6,12H2,1-4H3. The number of benzene rings is 2. The van der Waals surface area contributed by atoms with Crippen molar-refractivity contribution in [1.29, 1.82) is 0 Å². The predicted molar refractivity (Wildman–Crippen MR) is 107 cm³/mol. The molecule has 3 aromatic rings. The molecular weight excluding hydrogens is 358 g/mol. The normalized spacial score (nSPS) is 13.2. The number of rotatable bonds is 5. The highest BCUT2D eigenvalue weighted by atomic mass is 16.5. The van der Waals surface area contributed by atoms with Crippen molar-refractivity contribution in [2.45, 2.75) is 13.0 Å². The molecule has 0 spiro atoms. The zero-order valence-corrected chi connectivity index (χ0v) is 16.5. The van der Waals surface area contributed by atoms with Gasteiger partial charge in [0.1, 0.15) is 0 Å². The molecule has 28 heavy (non-hydrogen) atoms. The molecule has 7 nitrogen and oxygen atoms in total. The molecule has 0 saturated carbocycles. The van der Waals surface area contributed by atoms with Crippen LogP contribution in [-0.2, 0) is 13.0 Å². The van der Waals surface area contributed by atoms with Gasteiger partial charge in [-0.1, -0.05) is 0 Å². The summed E-state index contributed by atoms with van der Waals surface area (Å²) in [5, 5.41) is 9.45. The van der Waals surface area contributed by atoms with Gasteiger partial charge in [0.05, 0.1) is 45.8 Å². The van der Waals surface area contributed by atoms with Crippen molar-refractivity contribution >= 4 is 16.6 Å². The highest BCUT2D eigenvalue weighted by Crippen LogP contribution is 2.38. The van der Waals surface area contributed by atoms with Crippen LogP contribution in [0, 0.1) is 0 Å². The van der Waals surface area contributed by atoms with E-state index >= 15 is 0 Å². The lowest BCUT2D eigenvalue weighted by Crippen LogP contribution is -2.30. The average molecular weight is 381 g/mol. The first-order valence-corrected chi connectivity index (χ1v) is 9.04. The summed E-state index contributed by atoms with van der Waals surface area (Å²) in [6.07, 6.45) is 2.72. The SMILES string of the molecule is COc1cc2c(cc1OC)CN(c1cnnc3cc(OC)c(OC)cc13)CC2. The second kappa shape index (κ2) is 7.42. The molecule has 0 amide bonds. The van der Waals surface area contributed by atoms with Crippen LogP contribution in [0.25, 0.3) is 10.9 Å². The van der Waals surface area contributed by atoms with Crippen molar-refractivity contribution in [3.05, 3.63) is 41.6 Å². The largest absolute Gasteiger partial charge is 0.493 e. The minimum absolute atomic E-state index is 0.641. The van der Waals surface area contributed by atoms with E-state index in [1.807, 2.05) is 12.1 Å². The summed E-state index contributed by atoms with van der Waals surface area (Å²) < 4.78 is 21.8. The third kappa shape index (κ3) is 3.02. The number of hydrogen-bond acceptors (Lipinski definition) is 7. The number of aromatic nitrogens is 2. The maximum absolute atomic E-state index is 5.48. The van der Waals surface area contributed by atoms with E-state index < -0.39 is 0 Å². The third-order valence-corrected chi connectivity index (χ3v) is 5.18. The molecule has 0 radical (unpaired) electrons. The van der Waals surface area contributed by atoms with Crippen LogP contribution in [0.4, 0.5) is 5.69 Å². The molecule has 0 saturated heterocycles. The van der Waals surface area contributed by atoms with Crippen LogP contribution in [-0.4, -0.2) is 45.2 Å². The number of methoxy groups -OCH3 is 4. The van der Waals surface area contributed by atoms with Crippen LogP contribution in [0.3, 0.4) is 0 Å². The van der Waals surface area contributed by atoms with Gasteiger partial charge in [-0.15, -0.1) is 0 Å². The van der Waals surface area contributed by atoms with E-state index in [2.05, 4.69) is 27.2 Å². The Balaban J connectivity index is 1.75. The summed E-state index contributed by atoms with van der Waals surface area (Å²) in [7, 11) is 6.57. The molecule has 0 aliphatic carbocycles. The van der Waals surface area contributed by atoms with E-state index in [-0.39, 0.29) is 0 Å². The molecule has 2 aromatic carbocycles. The van der Waals surface area contributed by atoms with Crippen LogP contribution in [0.5, 0.6) is 23.0 Å². The maximum atomic E-state index is 5.48. The molecule has 1 aliphatic heterocycles. The molecule has 0 atom stereocenters. The van der Waals surface area contributed by atoms with Crippen LogP contribution in [0.2, 0.25) is 0 Å². The Bertz CT molecular complexity index is 1020. The van der Waals surface area contributed by atoms with Crippen molar-refractivity contribution < 1.29 is 18.9 Å². The molecule has 0 bridgehead atoms. The zero-order chi connectivity index (χ0) is 19.7. The highest BCUT2D eigenvalue weighted by molar-refractivity contribution is 5.93. The van der Waals surface area contributed by atoms with Gasteiger partial charge < -0.3 is 23.8 Å². The molecule has 0 unspecified atom stereocenters. The molecule has 1 aromatic heterocycles. The Morgan fingerprint density at radius 1 is 0.786 bits per heavy atom. The Labute approximate surface area is 163 Å². The lowest BCUT2D eigenvalue weighted by molar-refractivity contribution is 0.353. The van der Waals surface area contributed by atoms with Crippen LogP contribution in [0.15, 0.2) is 30.5 Å². The fourth-order valence-corrected chi connectivity index (χ4v) is 3.71. The van der Waals surface area contributed by atoms with E-state index in [9.17, 15) is 0 Å². The first-order valence-electron chi connectivity index (χ1n) is 9.04. The lowest BCUT2D eigenvalue weighted by Gasteiger charge is -2.31. The van der Waals surface area contributed by atoms with E-state index in [1.54, 1.807) is 34.6 Å². The Kier molecular flexibility index (Phi) is 4.81. The molecule has 4 rings (SSSR count). The predicted octanol–water partition coefficient (Wildman–Crippen LogP) is 3.23. The Morgan fingerprint density at radius 2 is 1.39 bits per heavy atom. The van der Waals surface area contributed by atoms with Gasteiger partial charge in [-0.2, -0.15) is 10.2 Å². The first-order chi connectivity index (χ1) is 13.7. The summed E-state index contributed by atoms with van der Waals surface area (Å²) in [4.78, 5) is 2.30. The minimum Gasteiger partial charge on any atom is -0.493 e. The Morgan fingerprint density at radius 3 is 2.07 bits per heavy atom. The summed E-state index contributed by atoms with van der Waals surface area (Å²) in [5.74, 6) is 2.82. The molecule has 0 fully saturated rings. The van der Waals surface area contributed by atoms with Crippen molar-refractivity contribution in [3.8, 4) is 23.0 Å². The second-order valence-corrected chi connectivity index (χ2v) is 6.60. The van der Waals surface area contributed by atoms with Gasteiger partial charge in [-0.3, -0.25) is 0 Å². The van der Waals surface area contributed by atoms with Gasteiger partial charge >= 0.3 is 0 Å². The van der Waals surface area contributed by atoms with E-state index in [0.717, 1.165) is 47.6 Å².